The molecule has 0 spiro atoms. The minimum absolute atomic E-state index is 0.0480. The molecule has 1 rings (SSSR count). The summed E-state index contributed by atoms with van der Waals surface area (Å²) >= 11 is 0. The average Bonchev–Trinajstić information content (AvgIpc) is 2.38. The highest BCUT2D eigenvalue weighted by Gasteiger charge is 2.38. The third-order valence-corrected chi connectivity index (χ3v) is 4.12. The molecule has 1 aliphatic rings. The minimum Gasteiger partial charge on any atom is -0.393 e. The van der Waals surface area contributed by atoms with Gasteiger partial charge in [0.15, 0.2) is 0 Å². The number of rotatable bonds is 7. The van der Waals surface area contributed by atoms with Crippen molar-refractivity contribution in [1.82, 2.24) is 0 Å². The molecule has 0 aromatic rings. The van der Waals surface area contributed by atoms with Gasteiger partial charge in [0, 0.05) is 7.11 Å². The van der Waals surface area contributed by atoms with Crippen LogP contribution in [-0.2, 0) is 9.47 Å². The van der Waals surface area contributed by atoms with Crippen molar-refractivity contribution in [3.8, 4) is 0 Å². The quantitative estimate of drug-likeness (QED) is 0.748. The monoisotopic (exact) mass is 244 g/mol. The smallest absolute Gasteiger partial charge is 0.117 e. The predicted octanol–water partition coefficient (Wildman–Crippen LogP) is 2.76. The molecule has 0 heterocycles. The molecule has 0 radical (unpaired) electrons. The first-order valence-electron chi connectivity index (χ1n) is 6.96. The van der Waals surface area contributed by atoms with Crippen LogP contribution in [0.3, 0.4) is 0 Å². The highest BCUT2D eigenvalue weighted by molar-refractivity contribution is 4.87. The fourth-order valence-corrected chi connectivity index (χ4v) is 2.66. The Bertz CT molecular complexity index is 202. The van der Waals surface area contributed by atoms with E-state index in [9.17, 15) is 5.11 Å². The molecule has 0 aromatic heterocycles. The van der Waals surface area contributed by atoms with Crippen LogP contribution >= 0.6 is 0 Å². The van der Waals surface area contributed by atoms with Crippen molar-refractivity contribution in [3.63, 3.8) is 0 Å². The summed E-state index contributed by atoms with van der Waals surface area (Å²) in [5.41, 5.74) is -0.508. The van der Waals surface area contributed by atoms with Gasteiger partial charge in [-0.15, -0.1) is 0 Å². The third-order valence-electron chi connectivity index (χ3n) is 4.12. The van der Waals surface area contributed by atoms with Gasteiger partial charge >= 0.3 is 0 Å². The SMILES string of the molecule is CCC(C)C(CO)(COC)OC1CCCCC1. The summed E-state index contributed by atoms with van der Waals surface area (Å²) in [7, 11) is 1.68. The average molecular weight is 244 g/mol. The van der Waals surface area contributed by atoms with Gasteiger partial charge in [0.1, 0.15) is 5.60 Å². The van der Waals surface area contributed by atoms with Crippen LogP contribution in [0.5, 0.6) is 0 Å². The molecule has 0 aliphatic heterocycles. The second kappa shape index (κ2) is 7.34. The number of methoxy groups -OCH3 is 1. The maximum absolute atomic E-state index is 9.73. The first kappa shape index (κ1) is 14.9. The van der Waals surface area contributed by atoms with E-state index in [2.05, 4.69) is 13.8 Å². The Hall–Kier alpha value is -0.120. The molecule has 3 heteroatoms. The van der Waals surface area contributed by atoms with Crippen LogP contribution in [0.1, 0.15) is 52.4 Å². The molecule has 1 aliphatic carbocycles. The van der Waals surface area contributed by atoms with Gasteiger partial charge in [-0.25, -0.2) is 0 Å². The zero-order valence-electron chi connectivity index (χ0n) is 11.6. The predicted molar refractivity (Wildman–Crippen MR) is 69.1 cm³/mol. The van der Waals surface area contributed by atoms with Crippen LogP contribution in [0.2, 0.25) is 0 Å². The van der Waals surface area contributed by atoms with E-state index in [0.717, 1.165) is 19.3 Å². The van der Waals surface area contributed by atoms with E-state index in [1.807, 2.05) is 0 Å². The van der Waals surface area contributed by atoms with Gasteiger partial charge in [0.2, 0.25) is 0 Å². The number of hydrogen-bond acceptors (Lipinski definition) is 3. The summed E-state index contributed by atoms with van der Waals surface area (Å²) in [5, 5.41) is 9.73. The van der Waals surface area contributed by atoms with Crippen LogP contribution in [0, 0.1) is 5.92 Å². The Kier molecular flexibility index (Phi) is 6.45. The molecule has 0 bridgehead atoms. The second-order valence-corrected chi connectivity index (χ2v) is 5.34. The molecule has 0 aromatic carbocycles. The van der Waals surface area contributed by atoms with Gasteiger partial charge in [-0.2, -0.15) is 0 Å². The molecule has 0 saturated heterocycles. The molecule has 0 amide bonds. The van der Waals surface area contributed by atoms with Gasteiger partial charge in [-0.05, 0) is 18.8 Å². The highest BCUT2D eigenvalue weighted by atomic mass is 16.6. The van der Waals surface area contributed by atoms with E-state index in [0.29, 0.717) is 18.6 Å². The Morgan fingerprint density at radius 1 is 1.29 bits per heavy atom. The van der Waals surface area contributed by atoms with Gasteiger partial charge < -0.3 is 14.6 Å². The van der Waals surface area contributed by atoms with Gasteiger partial charge in [-0.3, -0.25) is 0 Å². The maximum Gasteiger partial charge on any atom is 0.117 e. The fourth-order valence-electron chi connectivity index (χ4n) is 2.66. The Labute approximate surface area is 105 Å². The van der Waals surface area contributed by atoms with Crippen molar-refractivity contribution in [2.24, 2.45) is 5.92 Å². The summed E-state index contributed by atoms with van der Waals surface area (Å²) < 4.78 is 11.5. The van der Waals surface area contributed by atoms with Crippen molar-refractivity contribution in [2.75, 3.05) is 20.3 Å². The topological polar surface area (TPSA) is 38.7 Å². The zero-order chi connectivity index (χ0) is 12.7. The Balaban J connectivity index is 2.66. The van der Waals surface area contributed by atoms with Crippen LogP contribution < -0.4 is 0 Å². The highest BCUT2D eigenvalue weighted by Crippen LogP contribution is 2.31. The summed E-state index contributed by atoms with van der Waals surface area (Å²) in [6.45, 7) is 4.80. The van der Waals surface area contributed by atoms with Crippen molar-refractivity contribution < 1.29 is 14.6 Å². The molecule has 1 saturated carbocycles. The van der Waals surface area contributed by atoms with E-state index in [-0.39, 0.29) is 6.61 Å². The van der Waals surface area contributed by atoms with Crippen molar-refractivity contribution >= 4 is 0 Å². The molecule has 102 valence electrons. The summed E-state index contributed by atoms with van der Waals surface area (Å²) in [6.07, 6.45) is 7.37. The molecule has 2 atom stereocenters. The lowest BCUT2D eigenvalue weighted by Gasteiger charge is -2.40. The fraction of sp³-hybridized carbons (Fsp3) is 1.00. The Morgan fingerprint density at radius 3 is 2.41 bits per heavy atom. The van der Waals surface area contributed by atoms with Gasteiger partial charge in [0.05, 0.1) is 19.3 Å². The van der Waals surface area contributed by atoms with E-state index >= 15 is 0 Å². The van der Waals surface area contributed by atoms with Crippen LogP contribution in [0.15, 0.2) is 0 Å². The van der Waals surface area contributed by atoms with Gasteiger partial charge in [0.25, 0.3) is 0 Å². The molecule has 2 unspecified atom stereocenters. The van der Waals surface area contributed by atoms with Crippen molar-refractivity contribution in [1.29, 1.82) is 0 Å². The largest absolute Gasteiger partial charge is 0.393 e. The number of aliphatic hydroxyl groups is 1. The van der Waals surface area contributed by atoms with E-state index in [1.165, 1.54) is 19.3 Å². The van der Waals surface area contributed by atoms with Crippen molar-refractivity contribution in [2.45, 2.75) is 64.1 Å². The van der Waals surface area contributed by atoms with E-state index < -0.39 is 5.60 Å². The molecule has 1 fully saturated rings. The van der Waals surface area contributed by atoms with Crippen LogP contribution in [0.4, 0.5) is 0 Å². The first-order chi connectivity index (χ1) is 8.18. The maximum atomic E-state index is 9.73. The van der Waals surface area contributed by atoms with Crippen molar-refractivity contribution in [3.05, 3.63) is 0 Å². The van der Waals surface area contributed by atoms with Crippen LogP contribution in [0.25, 0.3) is 0 Å². The number of hydrogen-bond donors (Lipinski definition) is 1. The summed E-state index contributed by atoms with van der Waals surface area (Å²) in [4.78, 5) is 0. The molecule has 1 N–H and O–H groups in total. The van der Waals surface area contributed by atoms with E-state index in [1.54, 1.807) is 7.11 Å². The lowest BCUT2D eigenvalue weighted by Crippen LogP contribution is -2.50. The normalized spacial score (nSPS) is 23.3. The third kappa shape index (κ3) is 3.94. The standard InChI is InChI=1S/C14H28O3/c1-4-12(2)14(10-15,11-16-3)17-13-8-6-5-7-9-13/h12-13,15H,4-11H2,1-3H3. The Morgan fingerprint density at radius 2 is 1.94 bits per heavy atom. The number of ether oxygens (including phenoxy) is 2. The molecule has 3 nitrogen and oxygen atoms in total. The molecule has 17 heavy (non-hydrogen) atoms. The molecular weight excluding hydrogens is 216 g/mol. The minimum atomic E-state index is -0.508. The zero-order valence-corrected chi connectivity index (χ0v) is 11.6. The van der Waals surface area contributed by atoms with E-state index in [4.69, 9.17) is 9.47 Å². The molecular formula is C14H28O3. The van der Waals surface area contributed by atoms with Crippen LogP contribution in [-0.4, -0.2) is 37.1 Å². The first-order valence-corrected chi connectivity index (χ1v) is 6.96. The lowest BCUT2D eigenvalue weighted by molar-refractivity contribution is -0.181. The second-order valence-electron chi connectivity index (χ2n) is 5.34. The van der Waals surface area contributed by atoms with Gasteiger partial charge in [-0.1, -0.05) is 39.5 Å². The lowest BCUT2D eigenvalue weighted by atomic mass is 9.86. The summed E-state index contributed by atoms with van der Waals surface area (Å²) in [6, 6.07) is 0. The summed E-state index contributed by atoms with van der Waals surface area (Å²) in [5.74, 6) is 0.314. The number of aliphatic hydroxyl groups excluding tert-OH is 1.